The number of piperidine rings is 1. The van der Waals surface area contributed by atoms with Crippen molar-refractivity contribution in [1.82, 2.24) is 24.8 Å². The van der Waals surface area contributed by atoms with Crippen LogP contribution in [0.5, 0.6) is 0 Å². The van der Waals surface area contributed by atoms with E-state index in [0.717, 1.165) is 22.2 Å². The van der Waals surface area contributed by atoms with Gasteiger partial charge in [-0.1, -0.05) is 13.8 Å². The lowest BCUT2D eigenvalue weighted by molar-refractivity contribution is -0.00860. The average Bonchev–Trinajstić information content (AvgIpc) is 3.18. The van der Waals surface area contributed by atoms with Crippen molar-refractivity contribution in [2.45, 2.75) is 50.5 Å². The van der Waals surface area contributed by atoms with Crippen LogP contribution in [0.2, 0.25) is 0 Å². The van der Waals surface area contributed by atoms with Crippen molar-refractivity contribution in [3.8, 4) is 0 Å². The number of pyridine rings is 2. The van der Waals surface area contributed by atoms with Gasteiger partial charge in [0.25, 0.3) is 0 Å². The minimum Gasteiger partial charge on any atom is -0.437 e. The highest BCUT2D eigenvalue weighted by molar-refractivity contribution is 5.96. The van der Waals surface area contributed by atoms with Crippen molar-refractivity contribution < 1.29 is 19.0 Å². The Labute approximate surface area is 226 Å². The summed E-state index contributed by atoms with van der Waals surface area (Å²) < 4.78 is 20.4. The Kier molecular flexibility index (Phi) is 5.97. The fourth-order valence-corrected chi connectivity index (χ4v) is 5.69. The Balaban J connectivity index is 1.26. The number of aromatic nitrogens is 4. The second kappa shape index (κ2) is 9.15. The Hall–Kier alpha value is -3.80. The molecule has 2 atom stereocenters. The number of alkyl halides is 1. The molecule has 11 nitrogen and oxygen atoms in total. The van der Waals surface area contributed by atoms with Gasteiger partial charge in [0.15, 0.2) is 11.3 Å². The molecule has 3 saturated heterocycles. The number of aliphatic hydroxyl groups excluding tert-OH is 1. The molecular formula is C27H33FN8O3. The molecule has 12 heteroatoms. The summed E-state index contributed by atoms with van der Waals surface area (Å²) in [5, 5.41) is 15.2. The molecule has 0 aromatic carbocycles. The molecular weight excluding hydrogens is 503 g/mol. The van der Waals surface area contributed by atoms with E-state index in [4.69, 9.17) is 9.72 Å². The van der Waals surface area contributed by atoms with E-state index < -0.39 is 17.4 Å². The molecule has 2 N–H and O–H groups in total. The van der Waals surface area contributed by atoms with E-state index in [-0.39, 0.29) is 18.6 Å². The number of halogens is 1. The SMILES string of the molecule is CC(C)c1cnc(N2CC3(CN(C)C(=O)O3)C2)c2cnc(Nc3ccnc(N4CC[C@@H](O)[C@@](C)(F)C4)n3)cc12. The molecule has 3 fully saturated rings. The largest absolute Gasteiger partial charge is 0.437 e. The highest BCUT2D eigenvalue weighted by atomic mass is 19.1. The highest BCUT2D eigenvalue weighted by Crippen LogP contribution is 2.39. The Morgan fingerprint density at radius 3 is 2.59 bits per heavy atom. The topological polar surface area (TPSA) is 120 Å². The van der Waals surface area contributed by atoms with Gasteiger partial charge in [0.05, 0.1) is 32.3 Å². The zero-order valence-corrected chi connectivity index (χ0v) is 22.6. The van der Waals surface area contributed by atoms with E-state index in [1.54, 1.807) is 29.1 Å². The van der Waals surface area contributed by atoms with E-state index in [1.165, 1.54) is 6.92 Å². The average molecular weight is 537 g/mol. The molecule has 0 bridgehead atoms. The summed E-state index contributed by atoms with van der Waals surface area (Å²) in [5.41, 5.74) is -1.11. The third-order valence-corrected chi connectivity index (χ3v) is 7.85. The van der Waals surface area contributed by atoms with Crippen LogP contribution in [-0.4, -0.2) is 93.2 Å². The molecule has 0 aliphatic carbocycles. The molecule has 3 aromatic heterocycles. The van der Waals surface area contributed by atoms with Gasteiger partial charge < -0.3 is 29.9 Å². The van der Waals surface area contributed by atoms with Crippen molar-refractivity contribution in [3.63, 3.8) is 0 Å². The molecule has 6 rings (SSSR count). The monoisotopic (exact) mass is 536 g/mol. The second-order valence-electron chi connectivity index (χ2n) is 11.4. The Morgan fingerprint density at radius 2 is 1.90 bits per heavy atom. The first-order valence-electron chi connectivity index (χ1n) is 13.2. The van der Waals surface area contributed by atoms with Crippen LogP contribution in [0.25, 0.3) is 10.8 Å². The number of anilines is 4. The molecule has 0 radical (unpaired) electrons. The Bertz CT molecular complexity index is 1430. The van der Waals surface area contributed by atoms with Gasteiger partial charge in [-0.15, -0.1) is 0 Å². The number of hydrogen-bond acceptors (Lipinski definition) is 10. The van der Waals surface area contributed by atoms with Crippen molar-refractivity contribution >= 4 is 40.3 Å². The second-order valence-corrected chi connectivity index (χ2v) is 11.4. The minimum atomic E-state index is -1.73. The van der Waals surface area contributed by atoms with Gasteiger partial charge in [-0.2, -0.15) is 4.98 Å². The maximum atomic E-state index is 14.7. The maximum Gasteiger partial charge on any atom is 0.410 e. The van der Waals surface area contributed by atoms with Crippen LogP contribution in [0.3, 0.4) is 0 Å². The maximum absolute atomic E-state index is 14.7. The van der Waals surface area contributed by atoms with E-state index in [1.807, 2.05) is 18.5 Å². The summed E-state index contributed by atoms with van der Waals surface area (Å²) >= 11 is 0. The first kappa shape index (κ1) is 25.5. The highest BCUT2D eigenvalue weighted by Gasteiger charge is 2.53. The fourth-order valence-electron chi connectivity index (χ4n) is 5.69. The van der Waals surface area contributed by atoms with Crippen molar-refractivity contribution in [1.29, 1.82) is 0 Å². The van der Waals surface area contributed by atoms with E-state index >= 15 is 0 Å². The van der Waals surface area contributed by atoms with Crippen LogP contribution < -0.4 is 15.1 Å². The van der Waals surface area contributed by atoms with Crippen LogP contribution in [0.4, 0.5) is 32.6 Å². The quantitative estimate of drug-likeness (QED) is 0.503. The molecule has 0 saturated carbocycles. The molecule has 206 valence electrons. The summed E-state index contributed by atoms with van der Waals surface area (Å²) in [7, 11) is 1.75. The van der Waals surface area contributed by atoms with Crippen LogP contribution >= 0.6 is 0 Å². The number of nitrogens with zero attached hydrogens (tertiary/aromatic N) is 7. The van der Waals surface area contributed by atoms with E-state index in [9.17, 15) is 14.3 Å². The van der Waals surface area contributed by atoms with E-state index in [0.29, 0.717) is 50.2 Å². The first-order valence-corrected chi connectivity index (χ1v) is 13.2. The minimum absolute atomic E-state index is 0.0205. The number of likely N-dealkylation sites (N-methyl/N-ethyl adjacent to an activating group) is 1. The van der Waals surface area contributed by atoms with Crippen LogP contribution in [0, 0.1) is 0 Å². The van der Waals surface area contributed by atoms with Crippen LogP contribution in [0.1, 0.15) is 38.7 Å². The molecule has 0 unspecified atom stereocenters. The number of carbonyl (C=O) groups is 1. The van der Waals surface area contributed by atoms with Gasteiger partial charge in [-0.05, 0) is 42.3 Å². The van der Waals surface area contributed by atoms with Crippen LogP contribution in [-0.2, 0) is 4.74 Å². The summed E-state index contributed by atoms with van der Waals surface area (Å²) in [6, 6.07) is 3.73. The third kappa shape index (κ3) is 4.56. The van der Waals surface area contributed by atoms with E-state index in [2.05, 4.69) is 39.0 Å². The molecule has 6 heterocycles. The Morgan fingerprint density at radius 1 is 1.10 bits per heavy atom. The number of carbonyl (C=O) groups excluding carboxylic acids is 1. The zero-order valence-electron chi connectivity index (χ0n) is 22.6. The smallest absolute Gasteiger partial charge is 0.410 e. The molecule has 1 amide bonds. The summed E-state index contributed by atoms with van der Waals surface area (Å²) in [5.74, 6) is 2.61. The lowest BCUT2D eigenvalue weighted by Gasteiger charge is -2.46. The number of ether oxygens (including phenoxy) is 1. The summed E-state index contributed by atoms with van der Waals surface area (Å²) in [6.07, 6.45) is 4.37. The van der Waals surface area contributed by atoms with Gasteiger partial charge in [-0.25, -0.2) is 24.1 Å². The predicted octanol–water partition coefficient (Wildman–Crippen LogP) is 3.23. The molecule has 3 aliphatic rings. The number of rotatable bonds is 5. The fraction of sp³-hybridized carbons (Fsp3) is 0.519. The standard InChI is InChI=1S/C27H33FN8O3/c1-16(2)18-10-31-23(36-14-27(15-36)13-34(4)25(38)39-27)19-11-30-22(9-17(18)19)32-21-5-7-29-24(33-21)35-8-6-20(37)26(3,28)12-35/h5,7,9-11,16,20,37H,6,8,12-15H2,1-4H3,(H,29,30,32,33)/t20-,26+/m1/s1. The van der Waals surface area contributed by atoms with Crippen molar-refractivity contribution in [2.75, 3.05) is 54.9 Å². The molecule has 1 spiro atoms. The number of nitrogens with one attached hydrogen (secondary N) is 1. The molecule has 3 aliphatic heterocycles. The van der Waals surface area contributed by atoms with Gasteiger partial charge in [0.2, 0.25) is 5.95 Å². The predicted molar refractivity (Wildman–Crippen MR) is 145 cm³/mol. The lowest BCUT2D eigenvalue weighted by atomic mass is 9.92. The molecule has 39 heavy (non-hydrogen) atoms. The number of hydrogen-bond donors (Lipinski definition) is 2. The summed E-state index contributed by atoms with van der Waals surface area (Å²) in [4.78, 5) is 35.7. The van der Waals surface area contributed by atoms with Gasteiger partial charge in [0, 0.05) is 37.6 Å². The first-order chi connectivity index (χ1) is 18.5. The lowest BCUT2D eigenvalue weighted by Crippen LogP contribution is -2.64. The number of fused-ring (bicyclic) bond motifs is 1. The number of amides is 1. The van der Waals surface area contributed by atoms with Crippen molar-refractivity contribution in [2.24, 2.45) is 0 Å². The molecule has 3 aromatic rings. The third-order valence-electron chi connectivity index (χ3n) is 7.85. The zero-order chi connectivity index (χ0) is 27.5. The number of aliphatic hydroxyl groups is 1. The van der Waals surface area contributed by atoms with Gasteiger partial charge in [-0.3, -0.25) is 0 Å². The normalized spacial score (nSPS) is 24.4. The van der Waals surface area contributed by atoms with Gasteiger partial charge in [0.1, 0.15) is 17.5 Å². The van der Waals surface area contributed by atoms with Gasteiger partial charge >= 0.3 is 6.09 Å². The summed E-state index contributed by atoms with van der Waals surface area (Å²) in [6.45, 7) is 7.88. The van der Waals surface area contributed by atoms with Crippen molar-refractivity contribution in [3.05, 3.63) is 36.3 Å². The van der Waals surface area contributed by atoms with Crippen LogP contribution in [0.15, 0.2) is 30.7 Å².